The Bertz CT molecular complexity index is 1210. The summed E-state index contributed by atoms with van der Waals surface area (Å²) in [5.41, 5.74) is -0.202. The highest BCUT2D eigenvalue weighted by atomic mass is 32.2. The average Bonchev–Trinajstić information content (AvgIpc) is 3.18. The van der Waals surface area contributed by atoms with Crippen LogP contribution in [0, 0.1) is 0 Å². The lowest BCUT2D eigenvalue weighted by Crippen LogP contribution is -2.42. The van der Waals surface area contributed by atoms with E-state index in [4.69, 9.17) is 4.74 Å². The summed E-state index contributed by atoms with van der Waals surface area (Å²) in [6.07, 6.45) is -0.752. The molecule has 35 heavy (non-hydrogen) atoms. The van der Waals surface area contributed by atoms with Crippen molar-refractivity contribution in [1.82, 2.24) is 10.6 Å². The normalized spacial score (nSPS) is 16.7. The number of benzene rings is 2. The van der Waals surface area contributed by atoms with Crippen LogP contribution in [0.1, 0.15) is 22.8 Å². The van der Waals surface area contributed by atoms with Crippen molar-refractivity contribution in [3.05, 3.63) is 47.5 Å². The van der Waals surface area contributed by atoms with Gasteiger partial charge in [-0.15, -0.1) is 11.8 Å². The highest BCUT2D eigenvalue weighted by Gasteiger charge is 2.35. The second-order valence-electron chi connectivity index (χ2n) is 7.33. The Balaban J connectivity index is 1.48. The molecule has 2 aromatic rings. The molecule has 2 aromatic carbocycles. The van der Waals surface area contributed by atoms with Gasteiger partial charge >= 0.3 is 0 Å². The lowest BCUT2D eigenvalue weighted by atomic mass is 10.1. The molecule has 2 unspecified atom stereocenters. The minimum absolute atomic E-state index is 0.0630. The fourth-order valence-electron chi connectivity index (χ4n) is 3.04. The SMILES string of the molecule is CC1OC(c2cccc(O)c2O)=NC1C(=O)NC(=O)CSCC(=O)NC(=O)c1cccc(O)c1O. The Morgan fingerprint density at radius 1 is 0.914 bits per heavy atom. The third-order valence-corrected chi connectivity index (χ3v) is 5.69. The van der Waals surface area contributed by atoms with E-state index in [1.807, 2.05) is 5.32 Å². The standard InChI is InChI=1S/C22H21N3O9S/c1-10-17(25-22(34-10)12-5-3-7-14(27)19(12)31)21(33)24-16(29)9-35-8-15(28)23-20(32)11-4-2-6-13(26)18(11)30/h2-7,10,17,26-27,30-31H,8-9H2,1H3,(H,23,28,32)(H,24,29,33). The van der Waals surface area contributed by atoms with E-state index in [0.29, 0.717) is 0 Å². The molecule has 0 saturated carbocycles. The summed E-state index contributed by atoms with van der Waals surface area (Å²) in [6, 6.07) is 6.80. The van der Waals surface area contributed by atoms with Gasteiger partial charge in [0, 0.05) is 0 Å². The van der Waals surface area contributed by atoms with Crippen LogP contribution in [-0.4, -0.2) is 73.6 Å². The quantitative estimate of drug-likeness (QED) is 0.287. The number of amides is 4. The van der Waals surface area contributed by atoms with Crippen molar-refractivity contribution < 1.29 is 44.3 Å². The Morgan fingerprint density at radius 2 is 1.51 bits per heavy atom. The summed E-state index contributed by atoms with van der Waals surface area (Å²) >= 11 is 0.832. The fourth-order valence-corrected chi connectivity index (χ4v) is 3.66. The van der Waals surface area contributed by atoms with Gasteiger partial charge in [-0.3, -0.25) is 29.8 Å². The van der Waals surface area contributed by atoms with Crippen LogP contribution in [0.5, 0.6) is 23.0 Å². The summed E-state index contributed by atoms with van der Waals surface area (Å²) < 4.78 is 5.48. The maximum absolute atomic E-state index is 12.4. The van der Waals surface area contributed by atoms with Crippen LogP contribution in [0.15, 0.2) is 41.4 Å². The highest BCUT2D eigenvalue weighted by molar-refractivity contribution is 8.00. The van der Waals surface area contributed by atoms with Crippen molar-refractivity contribution in [2.45, 2.75) is 19.1 Å². The summed E-state index contributed by atoms with van der Waals surface area (Å²) in [6.45, 7) is 1.55. The number of carbonyl (C=O) groups is 4. The minimum Gasteiger partial charge on any atom is -0.504 e. The number of ether oxygens (including phenoxy) is 1. The van der Waals surface area contributed by atoms with Gasteiger partial charge in [-0.2, -0.15) is 0 Å². The molecule has 2 atom stereocenters. The number of phenols is 4. The van der Waals surface area contributed by atoms with Crippen molar-refractivity contribution in [2.75, 3.05) is 11.5 Å². The molecule has 4 amide bonds. The predicted molar refractivity (Wildman–Crippen MR) is 123 cm³/mol. The topological polar surface area (TPSA) is 195 Å². The van der Waals surface area contributed by atoms with E-state index in [0.717, 1.165) is 11.8 Å². The second kappa shape index (κ2) is 10.8. The monoisotopic (exact) mass is 503 g/mol. The third kappa shape index (κ3) is 6.00. The molecule has 0 saturated heterocycles. The number of imide groups is 2. The van der Waals surface area contributed by atoms with Crippen molar-refractivity contribution in [3.8, 4) is 23.0 Å². The largest absolute Gasteiger partial charge is 0.504 e. The number of aliphatic imine (C=N–C) groups is 1. The van der Waals surface area contributed by atoms with Gasteiger partial charge < -0.3 is 25.2 Å². The molecule has 1 aliphatic heterocycles. The Hall–Kier alpha value is -4.26. The third-order valence-electron chi connectivity index (χ3n) is 4.75. The lowest BCUT2D eigenvalue weighted by molar-refractivity contribution is -0.130. The van der Waals surface area contributed by atoms with Crippen LogP contribution in [0.25, 0.3) is 0 Å². The first kappa shape index (κ1) is 25.4. The number of aromatic hydroxyl groups is 4. The molecule has 3 rings (SSSR count). The van der Waals surface area contributed by atoms with Crippen LogP contribution < -0.4 is 10.6 Å². The first-order valence-electron chi connectivity index (χ1n) is 10.1. The number of rotatable bonds is 7. The van der Waals surface area contributed by atoms with Crippen LogP contribution in [0.4, 0.5) is 0 Å². The molecule has 12 nitrogen and oxygen atoms in total. The zero-order chi connectivity index (χ0) is 25.7. The number of para-hydroxylation sites is 2. The molecule has 0 bridgehead atoms. The first-order chi connectivity index (χ1) is 16.6. The van der Waals surface area contributed by atoms with Gasteiger partial charge in [0.1, 0.15) is 6.10 Å². The number of carbonyl (C=O) groups excluding carboxylic acids is 4. The van der Waals surface area contributed by atoms with Crippen molar-refractivity contribution >= 4 is 41.3 Å². The van der Waals surface area contributed by atoms with E-state index < -0.39 is 53.0 Å². The highest BCUT2D eigenvalue weighted by Crippen LogP contribution is 2.31. The molecular formula is C22H21N3O9S. The number of nitrogens with one attached hydrogen (secondary N) is 2. The maximum atomic E-state index is 12.4. The summed E-state index contributed by atoms with van der Waals surface area (Å²) in [5.74, 6) is -5.80. The molecule has 6 N–H and O–H groups in total. The lowest BCUT2D eigenvalue weighted by Gasteiger charge is -2.12. The molecule has 0 spiro atoms. The van der Waals surface area contributed by atoms with Crippen LogP contribution in [-0.2, 0) is 19.1 Å². The van der Waals surface area contributed by atoms with Gasteiger partial charge in [-0.05, 0) is 31.2 Å². The smallest absolute Gasteiger partial charge is 0.261 e. The van der Waals surface area contributed by atoms with E-state index >= 15 is 0 Å². The van der Waals surface area contributed by atoms with Gasteiger partial charge in [0.2, 0.25) is 17.7 Å². The number of nitrogens with zero attached hydrogens (tertiary/aromatic N) is 1. The number of thioether (sulfide) groups is 1. The maximum Gasteiger partial charge on any atom is 0.261 e. The van der Waals surface area contributed by atoms with Gasteiger partial charge in [0.15, 0.2) is 29.0 Å². The Morgan fingerprint density at radius 3 is 2.20 bits per heavy atom. The van der Waals surface area contributed by atoms with Gasteiger partial charge in [-0.25, -0.2) is 4.99 Å². The van der Waals surface area contributed by atoms with E-state index in [9.17, 15) is 39.6 Å². The number of hydrogen-bond acceptors (Lipinski definition) is 11. The molecule has 0 aliphatic carbocycles. The van der Waals surface area contributed by atoms with E-state index in [-0.39, 0.29) is 34.3 Å². The zero-order valence-corrected chi connectivity index (χ0v) is 19.0. The molecular weight excluding hydrogens is 482 g/mol. The van der Waals surface area contributed by atoms with E-state index in [1.54, 1.807) is 6.92 Å². The Labute approximate surface area is 202 Å². The molecule has 13 heteroatoms. The predicted octanol–water partition coefficient (Wildman–Crippen LogP) is 0.375. The first-order valence-corrected chi connectivity index (χ1v) is 11.3. The van der Waals surface area contributed by atoms with Crippen molar-refractivity contribution in [2.24, 2.45) is 4.99 Å². The summed E-state index contributed by atoms with van der Waals surface area (Å²) in [4.78, 5) is 52.6. The van der Waals surface area contributed by atoms with Crippen LogP contribution in [0.3, 0.4) is 0 Å². The summed E-state index contributed by atoms with van der Waals surface area (Å²) in [5, 5.41) is 42.8. The van der Waals surface area contributed by atoms with Crippen LogP contribution in [0.2, 0.25) is 0 Å². The van der Waals surface area contributed by atoms with Gasteiger partial charge in [0.05, 0.1) is 22.6 Å². The fraction of sp³-hybridized carbons (Fsp3) is 0.227. The Kier molecular flexibility index (Phi) is 7.81. The summed E-state index contributed by atoms with van der Waals surface area (Å²) in [7, 11) is 0. The minimum atomic E-state index is -1.09. The van der Waals surface area contributed by atoms with Gasteiger partial charge in [-0.1, -0.05) is 12.1 Å². The molecule has 0 aromatic heterocycles. The molecule has 0 fully saturated rings. The number of phenolic OH excluding ortho intramolecular Hbond substituents is 4. The number of hydrogen-bond donors (Lipinski definition) is 6. The van der Waals surface area contributed by atoms with Crippen molar-refractivity contribution in [1.29, 1.82) is 0 Å². The average molecular weight is 503 g/mol. The molecule has 1 aliphatic rings. The van der Waals surface area contributed by atoms with Gasteiger partial charge in [0.25, 0.3) is 11.8 Å². The molecule has 184 valence electrons. The van der Waals surface area contributed by atoms with E-state index in [1.165, 1.54) is 36.4 Å². The molecule has 1 heterocycles. The van der Waals surface area contributed by atoms with Crippen LogP contribution >= 0.6 is 11.8 Å². The van der Waals surface area contributed by atoms with E-state index in [2.05, 4.69) is 10.3 Å². The second-order valence-corrected chi connectivity index (χ2v) is 8.32. The molecule has 0 radical (unpaired) electrons. The zero-order valence-electron chi connectivity index (χ0n) is 18.2. The van der Waals surface area contributed by atoms with Crippen molar-refractivity contribution in [3.63, 3.8) is 0 Å².